The number of carbonyl (C=O) groups is 1. The number of nitrogens with zero attached hydrogens (tertiary/aromatic N) is 3. The molecule has 0 aromatic carbocycles. The van der Waals surface area contributed by atoms with Crippen LogP contribution in [0.4, 0.5) is 0 Å². The van der Waals surface area contributed by atoms with Crippen LogP contribution in [0, 0.1) is 0 Å². The topological polar surface area (TPSA) is 58.1 Å². The molecule has 2 heterocycles. The van der Waals surface area contributed by atoms with E-state index in [9.17, 15) is 4.79 Å². The average molecular weight is 234 g/mol. The Morgan fingerprint density at radius 1 is 1.53 bits per heavy atom. The van der Waals surface area contributed by atoms with E-state index in [0.717, 1.165) is 38.2 Å². The Morgan fingerprint density at radius 3 is 2.88 bits per heavy atom. The van der Waals surface area contributed by atoms with Crippen molar-refractivity contribution >= 4 is 5.91 Å². The van der Waals surface area contributed by atoms with Crippen LogP contribution in [0.2, 0.25) is 0 Å². The van der Waals surface area contributed by atoms with Crippen LogP contribution >= 0.6 is 0 Å². The molecule has 1 N–H and O–H groups in total. The molecule has 17 heavy (non-hydrogen) atoms. The number of rotatable bonds is 3. The predicted molar refractivity (Wildman–Crippen MR) is 64.1 cm³/mol. The lowest BCUT2D eigenvalue weighted by atomic mass is 10.1. The van der Waals surface area contributed by atoms with Crippen LogP contribution in [0.3, 0.4) is 0 Å². The normalized spacial score (nSPS) is 17.1. The maximum Gasteiger partial charge on any atom is 0.219 e. The second kappa shape index (κ2) is 5.72. The molecule has 0 saturated carbocycles. The molecular weight excluding hydrogens is 216 g/mol. The fraction of sp³-hybridized carbons (Fsp3) is 0.583. The summed E-state index contributed by atoms with van der Waals surface area (Å²) in [7, 11) is 0. The van der Waals surface area contributed by atoms with Crippen LogP contribution in [0.1, 0.15) is 25.5 Å². The van der Waals surface area contributed by atoms with Gasteiger partial charge in [-0.05, 0) is 18.9 Å². The number of piperidine rings is 1. The quantitative estimate of drug-likeness (QED) is 0.831. The number of hydrogen-bond acceptors (Lipinski definition) is 4. The highest BCUT2D eigenvalue weighted by Gasteiger charge is 2.19. The van der Waals surface area contributed by atoms with Gasteiger partial charge in [0.25, 0.3) is 0 Å². The molecule has 0 atom stereocenters. The van der Waals surface area contributed by atoms with Crippen molar-refractivity contribution < 1.29 is 4.79 Å². The Hall–Kier alpha value is -1.49. The molecule has 1 aromatic heterocycles. The Labute approximate surface area is 101 Å². The zero-order valence-corrected chi connectivity index (χ0v) is 10.1. The SMILES string of the molecule is CC(=O)N1CCC(NCc2ccncn2)CC1. The molecule has 1 fully saturated rings. The lowest BCUT2D eigenvalue weighted by Crippen LogP contribution is -2.44. The van der Waals surface area contributed by atoms with Crippen LogP contribution in [-0.2, 0) is 11.3 Å². The number of hydrogen-bond donors (Lipinski definition) is 1. The third kappa shape index (κ3) is 3.49. The standard InChI is InChI=1S/C12H18N4O/c1-10(17)16-6-3-11(4-7-16)14-8-12-2-5-13-9-15-12/h2,5,9,11,14H,3-4,6-8H2,1H3. The maximum absolute atomic E-state index is 11.2. The van der Waals surface area contributed by atoms with Gasteiger partial charge < -0.3 is 10.2 Å². The van der Waals surface area contributed by atoms with Crippen LogP contribution in [0.15, 0.2) is 18.6 Å². The van der Waals surface area contributed by atoms with Crippen molar-refractivity contribution in [1.82, 2.24) is 20.2 Å². The number of nitrogens with one attached hydrogen (secondary N) is 1. The highest BCUT2D eigenvalue weighted by Crippen LogP contribution is 2.10. The summed E-state index contributed by atoms with van der Waals surface area (Å²) < 4.78 is 0. The van der Waals surface area contributed by atoms with Crippen LogP contribution in [-0.4, -0.2) is 39.9 Å². The Balaban J connectivity index is 1.74. The summed E-state index contributed by atoms with van der Waals surface area (Å²) in [5.74, 6) is 0.180. The van der Waals surface area contributed by atoms with Gasteiger partial charge in [0.15, 0.2) is 0 Å². The minimum absolute atomic E-state index is 0.180. The molecule has 1 aromatic rings. The summed E-state index contributed by atoms with van der Waals surface area (Å²) in [5, 5.41) is 3.47. The van der Waals surface area contributed by atoms with Gasteiger partial charge in [0, 0.05) is 38.8 Å². The van der Waals surface area contributed by atoms with E-state index in [2.05, 4.69) is 15.3 Å². The van der Waals surface area contributed by atoms with Crippen LogP contribution < -0.4 is 5.32 Å². The van der Waals surface area contributed by atoms with E-state index in [1.165, 1.54) is 0 Å². The smallest absolute Gasteiger partial charge is 0.219 e. The Bertz CT molecular complexity index is 360. The van der Waals surface area contributed by atoms with Crippen molar-refractivity contribution in [3.8, 4) is 0 Å². The molecule has 2 rings (SSSR count). The molecule has 0 radical (unpaired) electrons. The van der Waals surface area contributed by atoms with E-state index >= 15 is 0 Å². The van der Waals surface area contributed by atoms with Gasteiger partial charge in [-0.15, -0.1) is 0 Å². The van der Waals surface area contributed by atoms with Crippen molar-refractivity contribution in [3.05, 3.63) is 24.3 Å². The molecule has 1 aliphatic rings. The second-order valence-electron chi connectivity index (χ2n) is 4.36. The first kappa shape index (κ1) is 12.0. The molecule has 5 nitrogen and oxygen atoms in total. The minimum atomic E-state index is 0.180. The fourth-order valence-electron chi connectivity index (χ4n) is 2.07. The van der Waals surface area contributed by atoms with Crippen LogP contribution in [0.5, 0.6) is 0 Å². The van der Waals surface area contributed by atoms with Gasteiger partial charge in [0.2, 0.25) is 5.91 Å². The van der Waals surface area contributed by atoms with Crippen molar-refractivity contribution in [2.75, 3.05) is 13.1 Å². The Kier molecular flexibility index (Phi) is 4.03. The largest absolute Gasteiger partial charge is 0.343 e. The maximum atomic E-state index is 11.2. The van der Waals surface area contributed by atoms with Gasteiger partial charge in [-0.2, -0.15) is 0 Å². The van der Waals surface area contributed by atoms with Crippen molar-refractivity contribution in [2.24, 2.45) is 0 Å². The molecule has 0 unspecified atom stereocenters. The molecule has 1 aliphatic heterocycles. The lowest BCUT2D eigenvalue weighted by Gasteiger charge is -2.31. The molecule has 0 spiro atoms. The van der Waals surface area contributed by atoms with E-state index < -0.39 is 0 Å². The van der Waals surface area contributed by atoms with Gasteiger partial charge in [0.05, 0.1) is 5.69 Å². The minimum Gasteiger partial charge on any atom is -0.343 e. The number of carbonyl (C=O) groups excluding carboxylic acids is 1. The van der Waals surface area contributed by atoms with E-state index in [0.29, 0.717) is 6.04 Å². The third-order valence-corrected chi connectivity index (χ3v) is 3.16. The Morgan fingerprint density at radius 2 is 2.29 bits per heavy atom. The summed E-state index contributed by atoms with van der Waals surface area (Å²) in [6.45, 7) is 4.12. The molecular formula is C12H18N4O. The van der Waals surface area contributed by atoms with Gasteiger partial charge in [0.1, 0.15) is 6.33 Å². The highest BCUT2D eigenvalue weighted by atomic mass is 16.2. The zero-order valence-electron chi connectivity index (χ0n) is 10.1. The molecule has 0 aliphatic carbocycles. The first-order valence-corrected chi connectivity index (χ1v) is 5.99. The second-order valence-corrected chi connectivity index (χ2v) is 4.36. The van der Waals surface area contributed by atoms with Gasteiger partial charge >= 0.3 is 0 Å². The fourth-order valence-corrected chi connectivity index (χ4v) is 2.07. The third-order valence-electron chi connectivity index (χ3n) is 3.16. The van der Waals surface area contributed by atoms with Crippen molar-refractivity contribution in [2.45, 2.75) is 32.4 Å². The number of amides is 1. The number of likely N-dealkylation sites (tertiary alicyclic amines) is 1. The molecule has 1 amide bonds. The van der Waals surface area contributed by atoms with Crippen molar-refractivity contribution in [3.63, 3.8) is 0 Å². The molecule has 1 saturated heterocycles. The summed E-state index contributed by atoms with van der Waals surface area (Å²) in [4.78, 5) is 21.1. The van der Waals surface area contributed by atoms with Crippen LogP contribution in [0.25, 0.3) is 0 Å². The van der Waals surface area contributed by atoms with E-state index in [1.807, 2.05) is 11.0 Å². The summed E-state index contributed by atoms with van der Waals surface area (Å²) in [5.41, 5.74) is 1.01. The van der Waals surface area contributed by atoms with E-state index in [4.69, 9.17) is 0 Å². The predicted octanol–water partition coefficient (Wildman–Crippen LogP) is 0.577. The average Bonchev–Trinajstić information content (AvgIpc) is 2.38. The molecule has 5 heteroatoms. The zero-order chi connectivity index (χ0) is 12.1. The molecule has 92 valence electrons. The monoisotopic (exact) mass is 234 g/mol. The first-order valence-electron chi connectivity index (χ1n) is 5.99. The lowest BCUT2D eigenvalue weighted by molar-refractivity contribution is -0.129. The summed E-state index contributed by atoms with van der Waals surface area (Å²) in [6, 6.07) is 2.40. The van der Waals surface area contributed by atoms with Gasteiger partial charge in [-0.3, -0.25) is 4.79 Å². The van der Waals surface area contributed by atoms with E-state index in [1.54, 1.807) is 19.4 Å². The van der Waals surface area contributed by atoms with Gasteiger partial charge in [-0.25, -0.2) is 9.97 Å². The first-order chi connectivity index (χ1) is 8.25. The number of aromatic nitrogens is 2. The highest BCUT2D eigenvalue weighted by molar-refractivity contribution is 5.73. The molecule has 0 bridgehead atoms. The summed E-state index contributed by atoms with van der Waals surface area (Å²) in [6.07, 6.45) is 5.35. The van der Waals surface area contributed by atoms with E-state index in [-0.39, 0.29) is 5.91 Å². The van der Waals surface area contributed by atoms with Gasteiger partial charge in [-0.1, -0.05) is 0 Å². The summed E-state index contributed by atoms with van der Waals surface area (Å²) >= 11 is 0. The van der Waals surface area contributed by atoms with Crippen molar-refractivity contribution in [1.29, 1.82) is 0 Å².